The van der Waals surface area contributed by atoms with Crippen LogP contribution in [-0.2, 0) is 128 Å². The van der Waals surface area contributed by atoms with Crippen molar-refractivity contribution < 1.29 is 161 Å². The predicted octanol–water partition coefficient (Wildman–Crippen LogP) is 11.0. The van der Waals surface area contributed by atoms with Crippen LogP contribution in [0.15, 0.2) is 12.1 Å². The number of ketones is 2. The van der Waals surface area contributed by atoms with E-state index in [0.717, 1.165) is 24.1 Å². The van der Waals surface area contributed by atoms with E-state index in [1.165, 1.54) is 19.9 Å². The molecule has 1 unspecified atom stereocenters. The molecule has 5 atom stereocenters. The van der Waals surface area contributed by atoms with Crippen LogP contribution in [0.4, 0.5) is 4.39 Å². The zero-order chi connectivity index (χ0) is 95.3. The monoisotopic (exact) mass is 1790 g/mol. The highest BCUT2D eigenvalue weighted by Gasteiger charge is 2.36. The molecule has 1 heterocycles. The maximum Gasteiger partial charge on any atom is 0.524 e. The van der Waals surface area contributed by atoms with Crippen molar-refractivity contribution in [3.05, 3.63) is 28.8 Å². The van der Waals surface area contributed by atoms with Gasteiger partial charge in [-0.1, -0.05) is 165 Å². The van der Waals surface area contributed by atoms with Crippen molar-refractivity contribution in [1.29, 1.82) is 0 Å². The molecule has 40 heteroatoms. The number of hydrogen-bond donors (Lipinski definition) is 8. The van der Waals surface area contributed by atoms with E-state index in [1.807, 2.05) is 45.6 Å². The SMILES string of the molecule is CC(=O)[C@@H](N)COC(=O)C(C)C.CC(=O)[C@@H](N)[C@H](C)OC(=O)C(C)C.CC(C)C(=O)OC(=O)CC(C)(C)CCOP(=O)(O)O.CC(C)C(=O)OC(=O)CC(C)(C)COP(=O)(O)O.CC(C)C(=O)OCCCOC(=O)[C@@H](C)C(C)C.CC(C)C(=O)OCCN1CCCC(C)(F)C1.Cc1cc(C)c(C(C)(C)CC(=O)OC(=O)C(C)C)c(OP(=O)(O)O)c1. The van der Waals surface area contributed by atoms with Crippen molar-refractivity contribution in [1.82, 2.24) is 4.90 Å². The average molecular weight is 1790 g/mol. The molecule has 0 spiro atoms. The van der Waals surface area contributed by atoms with Gasteiger partial charge >= 0.3 is 89.1 Å². The number of carbonyl (C=O) groups excluding carboxylic acids is 13. The standard InChI is InChI=1S/C17H25O7P.C13H24O4.C12H22FNO2.C11H21O7P.C10H19O7P.C9H17NO3.C8H15NO3/c1-10(2)16(19)23-14(18)9-17(5,6)15-12(4)7-11(3)8-13(15)24-25(20,21)22;1-9(2)11(5)13(15)17-8-6-7-16-12(14)10(3)4;1-10(2)11(15)16-8-7-14-6-4-5-12(3,13)9-14;1-8(2)10(13)18-9(12)7-11(3,4)5-6-17-19(14,15)16;1-7(2)9(12)17-8(11)5-10(3,4)6-16-18(13,14)15;1-5(2)9(12)13-7(4)8(10)6(3)11;1-5(2)8(11)12-4-7(9)6(3)10/h7-8,10H,9H2,1-6H3,(H2,20,21,22);9-11H,6-8H2,1-5H3;10H,4-9H2,1-3H3;8H,5-7H2,1-4H3,(H2,14,15,16);7H,5-6H2,1-4H3,(H2,13,14,15);5,7-8H,10H2,1-4H3;5,7H,4,9H2,1-3H3/t;11-;;;;7-,8+;7-/m.0...00/s1. The number of halogens is 1. The molecule has 1 aromatic rings. The van der Waals surface area contributed by atoms with Crippen LogP contribution in [0.3, 0.4) is 0 Å². The summed E-state index contributed by atoms with van der Waals surface area (Å²) in [4.78, 5) is 201. The number of benzene rings is 1. The first kappa shape index (κ1) is 122. The molecule has 36 nitrogen and oxygen atoms in total. The molecule has 1 aromatic carbocycles. The summed E-state index contributed by atoms with van der Waals surface area (Å²) in [5, 5.41) is 0. The maximum atomic E-state index is 13.7. The van der Waals surface area contributed by atoms with Crippen LogP contribution in [0.1, 0.15) is 249 Å². The van der Waals surface area contributed by atoms with Crippen molar-refractivity contribution in [3.63, 3.8) is 0 Å². The molecule has 10 N–H and O–H groups in total. The Morgan fingerprint density at radius 3 is 1.27 bits per heavy atom. The number of carbonyl (C=O) groups is 13. The van der Waals surface area contributed by atoms with Crippen molar-refractivity contribution in [3.8, 4) is 5.75 Å². The van der Waals surface area contributed by atoms with Crippen molar-refractivity contribution >= 4 is 101 Å². The van der Waals surface area contributed by atoms with Gasteiger partial charge in [0.2, 0.25) is 0 Å². The van der Waals surface area contributed by atoms with Crippen LogP contribution < -0.4 is 16.0 Å². The highest BCUT2D eigenvalue weighted by atomic mass is 31.2. The summed E-state index contributed by atoms with van der Waals surface area (Å²) in [6.45, 7) is 51.6. The van der Waals surface area contributed by atoms with Crippen LogP contribution in [0.5, 0.6) is 5.75 Å². The summed E-state index contributed by atoms with van der Waals surface area (Å²) in [5.74, 6) is -7.13. The van der Waals surface area contributed by atoms with E-state index in [2.05, 4.69) is 18.5 Å². The summed E-state index contributed by atoms with van der Waals surface area (Å²) in [6.07, 6.45) is 1.42. The molecule has 1 aliphatic rings. The number of piperidine rings is 1. The van der Waals surface area contributed by atoms with Gasteiger partial charge in [-0.25, -0.2) is 18.1 Å². The van der Waals surface area contributed by atoms with E-state index < -0.39 is 111 Å². The van der Waals surface area contributed by atoms with Gasteiger partial charge in [-0.2, -0.15) is 0 Å². The van der Waals surface area contributed by atoms with Gasteiger partial charge in [0, 0.05) is 30.5 Å². The third-order valence-corrected chi connectivity index (χ3v) is 17.9. The first-order valence-electron chi connectivity index (χ1n) is 39.5. The minimum atomic E-state index is -4.76. The first-order chi connectivity index (χ1) is 54.2. The lowest BCUT2D eigenvalue weighted by atomic mass is 9.78. The Morgan fingerprint density at radius 2 is 0.900 bits per heavy atom. The van der Waals surface area contributed by atoms with Gasteiger partial charge in [0.25, 0.3) is 0 Å². The molecule has 0 saturated carbocycles. The molecular formula is C80H143FN3O33P3. The Balaban J connectivity index is -0.000000434. The molecule has 0 radical (unpaired) electrons. The Morgan fingerprint density at radius 1 is 0.508 bits per heavy atom. The van der Waals surface area contributed by atoms with Crippen LogP contribution in [-0.4, -0.2) is 195 Å². The zero-order valence-electron chi connectivity index (χ0n) is 75.9. The molecule has 2 rings (SSSR count). The number of Topliss-reactive ketones (excluding diaryl/α,β-unsaturated/α-hetero) is 2. The van der Waals surface area contributed by atoms with Gasteiger partial charge in [-0.05, 0) is 101 Å². The van der Waals surface area contributed by atoms with E-state index in [1.54, 1.807) is 152 Å². The number of phosphoric acid groups is 3. The molecule has 0 bridgehead atoms. The van der Waals surface area contributed by atoms with Gasteiger partial charge < -0.3 is 73.5 Å². The van der Waals surface area contributed by atoms with Crippen molar-refractivity contribution in [2.75, 3.05) is 59.3 Å². The molecule has 0 aromatic heterocycles. The largest absolute Gasteiger partial charge is 0.524 e. The molecule has 0 aliphatic carbocycles. The predicted molar refractivity (Wildman–Crippen MR) is 441 cm³/mol. The van der Waals surface area contributed by atoms with Gasteiger partial charge in [-0.3, -0.25) is 86.1 Å². The summed E-state index contributed by atoms with van der Waals surface area (Å²) < 4.78 is 98.2. The van der Waals surface area contributed by atoms with E-state index in [0.29, 0.717) is 51.3 Å². The molecular weight excluding hydrogens is 1640 g/mol. The average Bonchev–Trinajstić information content (AvgIpc) is 0.786. The normalized spacial score (nSPS) is 14.8. The highest BCUT2D eigenvalue weighted by molar-refractivity contribution is 7.47. The number of nitrogens with zero attached hydrogens (tertiary/aromatic N) is 1. The number of likely N-dealkylation sites (tertiary alicyclic amines) is 1. The number of ether oxygens (including phenoxy) is 8. The second kappa shape index (κ2) is 58.4. The number of nitrogens with two attached hydrogens (primary N) is 2. The maximum absolute atomic E-state index is 13.7. The van der Waals surface area contributed by atoms with E-state index in [9.17, 15) is 80.4 Å². The lowest BCUT2D eigenvalue weighted by Gasteiger charge is -2.34. The Bertz CT molecular complexity index is 3540. The van der Waals surface area contributed by atoms with E-state index >= 15 is 0 Å². The molecule has 1 aliphatic heterocycles. The van der Waals surface area contributed by atoms with Gasteiger partial charge in [0.05, 0.1) is 99.1 Å². The fourth-order valence-electron chi connectivity index (χ4n) is 8.95. The summed E-state index contributed by atoms with van der Waals surface area (Å²) in [6, 6.07) is 1.93. The number of alkyl halides is 1. The molecule has 0 amide bonds. The second-order valence-corrected chi connectivity index (χ2v) is 37.5. The van der Waals surface area contributed by atoms with Crippen molar-refractivity contribution in [2.24, 2.45) is 75.6 Å². The minimum Gasteiger partial charge on any atom is -0.465 e. The third-order valence-electron chi connectivity index (χ3n) is 16.5. The number of rotatable bonds is 38. The second-order valence-electron chi connectivity index (χ2n) is 33.9. The van der Waals surface area contributed by atoms with E-state index in [4.69, 9.17) is 73.8 Å². The summed E-state index contributed by atoms with van der Waals surface area (Å²) in [7, 11) is -13.8. The highest BCUT2D eigenvalue weighted by Crippen LogP contribution is 2.46. The number of aryl methyl sites for hydroxylation is 2. The van der Waals surface area contributed by atoms with Crippen LogP contribution in [0, 0.1) is 77.9 Å². The van der Waals surface area contributed by atoms with Gasteiger partial charge in [0.15, 0.2) is 0 Å². The third kappa shape index (κ3) is 64.1. The Labute approximate surface area is 708 Å². The molecule has 1 fully saturated rings. The summed E-state index contributed by atoms with van der Waals surface area (Å²) in [5.41, 5.74) is 9.42. The molecule has 1 saturated heterocycles. The lowest BCUT2D eigenvalue weighted by molar-refractivity contribution is -0.165. The Kier molecular flexibility index (Phi) is 59.3. The number of phosphoric ester groups is 3. The Hall–Kier alpha value is -6.69. The lowest BCUT2D eigenvalue weighted by Crippen LogP contribution is -2.44. The smallest absolute Gasteiger partial charge is 0.465 e. The van der Waals surface area contributed by atoms with Crippen LogP contribution in [0.2, 0.25) is 0 Å². The topological polar surface area (TPSA) is 551 Å². The fourth-order valence-corrected chi connectivity index (χ4v) is 10.2. The molecule has 120 heavy (non-hydrogen) atoms. The zero-order valence-corrected chi connectivity index (χ0v) is 78.6. The fraction of sp³-hybridized carbons (Fsp3) is 0.762. The minimum absolute atomic E-state index is 0.0128. The number of hydrogen-bond acceptors (Lipinski definition) is 30. The summed E-state index contributed by atoms with van der Waals surface area (Å²) >= 11 is 0. The molecule has 698 valence electrons. The quantitative estimate of drug-likeness (QED) is 0.0100. The van der Waals surface area contributed by atoms with Crippen molar-refractivity contribution in [2.45, 2.75) is 275 Å². The van der Waals surface area contributed by atoms with E-state index in [-0.39, 0.29) is 134 Å². The van der Waals surface area contributed by atoms with Crippen LogP contribution >= 0.6 is 23.5 Å². The first-order valence-corrected chi connectivity index (χ1v) is 44.1. The number of esters is 11. The van der Waals surface area contributed by atoms with Gasteiger partial charge in [-0.15, -0.1) is 0 Å². The van der Waals surface area contributed by atoms with Crippen LogP contribution in [0.25, 0.3) is 0 Å². The van der Waals surface area contributed by atoms with Gasteiger partial charge in [0.1, 0.15) is 48.3 Å².